The first kappa shape index (κ1) is 11.8. The van der Waals surface area contributed by atoms with E-state index in [0.29, 0.717) is 11.4 Å². The summed E-state index contributed by atoms with van der Waals surface area (Å²) in [5.41, 5.74) is 6.84. The van der Waals surface area contributed by atoms with E-state index in [1.54, 1.807) is 0 Å². The van der Waals surface area contributed by atoms with E-state index in [2.05, 4.69) is 9.69 Å². The molecule has 2 rings (SSSR count). The summed E-state index contributed by atoms with van der Waals surface area (Å²) < 4.78 is 30.0. The van der Waals surface area contributed by atoms with Crippen molar-refractivity contribution in [2.24, 2.45) is 0 Å². The zero-order valence-electron chi connectivity index (χ0n) is 9.13. The van der Waals surface area contributed by atoms with Crippen molar-refractivity contribution < 1.29 is 8.78 Å². The average Bonchev–Trinajstić information content (AvgIpc) is 2.59. The lowest BCUT2D eigenvalue weighted by Crippen LogP contribution is -2.02. The van der Waals surface area contributed by atoms with Gasteiger partial charge < -0.3 is 11.1 Å². The van der Waals surface area contributed by atoms with Crippen molar-refractivity contribution in [1.82, 2.24) is 4.37 Å². The van der Waals surface area contributed by atoms with Crippen molar-refractivity contribution in [2.45, 2.75) is 13.5 Å². The second kappa shape index (κ2) is 4.67. The Kier molecular flexibility index (Phi) is 3.23. The van der Waals surface area contributed by atoms with Crippen LogP contribution in [-0.2, 0) is 6.54 Å². The fraction of sp³-hybridized carbons (Fsp3) is 0.182. The highest BCUT2D eigenvalue weighted by atomic mass is 32.1. The summed E-state index contributed by atoms with van der Waals surface area (Å²) in [7, 11) is 0. The summed E-state index contributed by atoms with van der Waals surface area (Å²) in [6, 6.07) is 3.51. The number of hydrogen-bond acceptors (Lipinski definition) is 4. The van der Waals surface area contributed by atoms with Crippen LogP contribution in [0, 0.1) is 18.6 Å². The van der Waals surface area contributed by atoms with E-state index in [0.717, 1.165) is 16.6 Å². The average molecular weight is 255 g/mol. The van der Waals surface area contributed by atoms with E-state index in [4.69, 9.17) is 5.73 Å². The van der Waals surface area contributed by atoms with Crippen LogP contribution in [0.1, 0.15) is 11.1 Å². The van der Waals surface area contributed by atoms with Gasteiger partial charge >= 0.3 is 0 Å². The van der Waals surface area contributed by atoms with Gasteiger partial charge in [-0.15, -0.1) is 0 Å². The molecule has 1 heterocycles. The fourth-order valence-electron chi connectivity index (χ4n) is 1.35. The molecular formula is C11H11F2N3S. The molecule has 0 aliphatic rings. The Morgan fingerprint density at radius 1 is 1.41 bits per heavy atom. The first-order chi connectivity index (χ1) is 8.08. The van der Waals surface area contributed by atoms with Crippen LogP contribution >= 0.6 is 11.5 Å². The summed E-state index contributed by atoms with van der Waals surface area (Å²) in [5, 5.41) is 3.82. The molecule has 0 radical (unpaired) electrons. The van der Waals surface area contributed by atoms with E-state index in [1.165, 1.54) is 23.7 Å². The number of aromatic nitrogens is 1. The molecule has 0 saturated heterocycles. The Morgan fingerprint density at radius 2 is 2.18 bits per heavy atom. The summed E-state index contributed by atoms with van der Waals surface area (Å²) in [4.78, 5) is 0. The molecule has 3 nitrogen and oxygen atoms in total. The van der Waals surface area contributed by atoms with Crippen molar-refractivity contribution >= 4 is 22.4 Å². The van der Waals surface area contributed by atoms with Crippen molar-refractivity contribution in [3.63, 3.8) is 0 Å². The largest absolute Gasteiger partial charge is 0.383 e. The highest BCUT2D eigenvalue weighted by Crippen LogP contribution is 2.26. The van der Waals surface area contributed by atoms with Gasteiger partial charge in [0.05, 0.1) is 0 Å². The minimum absolute atomic E-state index is 0.272. The van der Waals surface area contributed by atoms with Gasteiger partial charge in [0.15, 0.2) is 0 Å². The molecule has 0 saturated carbocycles. The first-order valence-corrected chi connectivity index (χ1v) is 5.75. The minimum Gasteiger partial charge on any atom is -0.383 e. The molecule has 17 heavy (non-hydrogen) atoms. The lowest BCUT2D eigenvalue weighted by molar-refractivity contribution is 0.574. The summed E-state index contributed by atoms with van der Waals surface area (Å²) in [6.07, 6.45) is 0. The topological polar surface area (TPSA) is 50.9 Å². The molecule has 1 aromatic heterocycles. The fourth-order valence-corrected chi connectivity index (χ4v) is 2.06. The highest BCUT2D eigenvalue weighted by molar-refractivity contribution is 7.10. The lowest BCUT2D eigenvalue weighted by Gasteiger charge is -2.06. The van der Waals surface area contributed by atoms with E-state index in [9.17, 15) is 8.78 Å². The zero-order chi connectivity index (χ0) is 12.4. The molecule has 0 aliphatic carbocycles. The van der Waals surface area contributed by atoms with Gasteiger partial charge in [0, 0.05) is 23.7 Å². The van der Waals surface area contributed by atoms with Crippen LogP contribution in [-0.4, -0.2) is 4.37 Å². The highest BCUT2D eigenvalue weighted by Gasteiger charge is 2.08. The van der Waals surface area contributed by atoms with E-state index < -0.39 is 11.6 Å². The van der Waals surface area contributed by atoms with Gasteiger partial charge in [-0.25, -0.2) is 8.78 Å². The first-order valence-electron chi connectivity index (χ1n) is 4.97. The zero-order valence-corrected chi connectivity index (χ0v) is 9.94. The molecule has 90 valence electrons. The van der Waals surface area contributed by atoms with Gasteiger partial charge in [-0.05, 0) is 24.5 Å². The number of anilines is 2. The molecule has 0 unspecified atom stereocenters. The number of rotatable bonds is 3. The molecule has 0 aliphatic heterocycles. The Morgan fingerprint density at radius 3 is 2.76 bits per heavy atom. The number of hydrogen-bond donors (Lipinski definition) is 2. The number of nitrogen functional groups attached to an aromatic ring is 1. The molecular weight excluding hydrogens is 244 g/mol. The molecule has 0 bridgehead atoms. The van der Waals surface area contributed by atoms with E-state index in [-0.39, 0.29) is 6.54 Å². The van der Waals surface area contributed by atoms with Crippen molar-refractivity contribution in [3.05, 3.63) is 41.0 Å². The third-order valence-electron chi connectivity index (χ3n) is 2.41. The third kappa shape index (κ3) is 2.52. The van der Waals surface area contributed by atoms with Crippen LogP contribution in [0.3, 0.4) is 0 Å². The second-order valence-electron chi connectivity index (χ2n) is 3.61. The quantitative estimate of drug-likeness (QED) is 0.886. The van der Waals surface area contributed by atoms with Crippen LogP contribution in [0.2, 0.25) is 0 Å². The predicted octanol–water partition coefficient (Wildman–Crippen LogP) is 2.92. The van der Waals surface area contributed by atoms with Crippen molar-refractivity contribution in [3.8, 4) is 0 Å². The molecule has 0 amide bonds. The SMILES string of the molecule is Cc1c(N)nsc1NCc1ccc(F)cc1F. The second-order valence-corrected chi connectivity index (χ2v) is 4.38. The smallest absolute Gasteiger partial charge is 0.142 e. The number of nitrogens with one attached hydrogen (secondary N) is 1. The molecule has 0 spiro atoms. The normalized spacial score (nSPS) is 10.5. The minimum atomic E-state index is -0.579. The lowest BCUT2D eigenvalue weighted by atomic mass is 10.2. The van der Waals surface area contributed by atoms with E-state index in [1.807, 2.05) is 6.92 Å². The molecule has 2 aromatic rings. The van der Waals surface area contributed by atoms with Gasteiger partial charge in [0.2, 0.25) is 0 Å². The van der Waals surface area contributed by atoms with Gasteiger partial charge in [-0.1, -0.05) is 6.07 Å². The maximum absolute atomic E-state index is 13.3. The van der Waals surface area contributed by atoms with E-state index >= 15 is 0 Å². The monoisotopic (exact) mass is 255 g/mol. The summed E-state index contributed by atoms with van der Waals surface area (Å²) in [5.74, 6) is -0.672. The van der Waals surface area contributed by atoms with Gasteiger partial charge in [-0.2, -0.15) is 4.37 Å². The Balaban J connectivity index is 2.10. The maximum atomic E-state index is 13.3. The van der Waals surface area contributed by atoms with Gasteiger partial charge in [0.1, 0.15) is 22.5 Å². The standard InChI is InChI=1S/C11H11F2N3S/c1-6-10(14)16-17-11(6)15-5-7-2-3-8(12)4-9(7)13/h2-4,15H,5H2,1H3,(H2,14,16). The van der Waals surface area contributed by atoms with Gasteiger partial charge in [0.25, 0.3) is 0 Å². The summed E-state index contributed by atoms with van der Waals surface area (Å²) in [6.45, 7) is 2.11. The van der Waals surface area contributed by atoms with Crippen LogP contribution < -0.4 is 11.1 Å². The van der Waals surface area contributed by atoms with Crippen molar-refractivity contribution in [1.29, 1.82) is 0 Å². The Bertz CT molecular complexity index is 540. The van der Waals surface area contributed by atoms with Crippen LogP contribution in [0.4, 0.5) is 19.6 Å². The van der Waals surface area contributed by atoms with Crippen molar-refractivity contribution in [2.75, 3.05) is 11.1 Å². The number of halogens is 2. The predicted molar refractivity (Wildman–Crippen MR) is 64.9 cm³/mol. The number of benzene rings is 1. The van der Waals surface area contributed by atoms with Crippen LogP contribution in [0.5, 0.6) is 0 Å². The van der Waals surface area contributed by atoms with Gasteiger partial charge in [-0.3, -0.25) is 0 Å². The molecule has 3 N–H and O–H groups in total. The van der Waals surface area contributed by atoms with Crippen LogP contribution in [0.25, 0.3) is 0 Å². The Labute approximate surface area is 101 Å². The molecule has 0 atom stereocenters. The third-order valence-corrected chi connectivity index (χ3v) is 3.34. The summed E-state index contributed by atoms with van der Waals surface area (Å²) >= 11 is 1.22. The maximum Gasteiger partial charge on any atom is 0.142 e. The number of nitrogens with two attached hydrogens (primary N) is 1. The molecule has 1 aromatic carbocycles. The number of nitrogens with zero attached hydrogens (tertiary/aromatic N) is 1. The van der Waals surface area contributed by atoms with Crippen LogP contribution in [0.15, 0.2) is 18.2 Å². The molecule has 6 heteroatoms. The molecule has 0 fully saturated rings. The Hall–Kier alpha value is -1.69.